The average molecular weight is 346 g/mol. The van der Waals surface area contributed by atoms with Gasteiger partial charge in [0, 0.05) is 11.8 Å². The first-order chi connectivity index (χ1) is 11.6. The van der Waals surface area contributed by atoms with E-state index in [0.717, 1.165) is 25.7 Å². The van der Waals surface area contributed by atoms with Gasteiger partial charge in [0.25, 0.3) is 0 Å². The van der Waals surface area contributed by atoms with E-state index in [1.807, 2.05) is 13.0 Å². The van der Waals surface area contributed by atoms with Crippen molar-refractivity contribution in [3.8, 4) is 0 Å². The average Bonchev–Trinajstić information content (AvgIpc) is 2.80. The van der Waals surface area contributed by atoms with Gasteiger partial charge in [0.05, 0.1) is 6.10 Å². The maximum atomic E-state index is 12.2. The molecule has 4 aliphatic carbocycles. The van der Waals surface area contributed by atoms with Crippen molar-refractivity contribution in [3.63, 3.8) is 0 Å². The van der Waals surface area contributed by atoms with Gasteiger partial charge in [-0.15, -0.1) is 0 Å². The summed E-state index contributed by atoms with van der Waals surface area (Å²) in [6.45, 7) is 5.73. The van der Waals surface area contributed by atoms with Gasteiger partial charge in [0.15, 0.2) is 11.6 Å². The van der Waals surface area contributed by atoms with Gasteiger partial charge in [-0.1, -0.05) is 19.4 Å². The number of carbonyl (C=O) groups excluding carboxylic acids is 2. The largest absolute Gasteiger partial charge is 0.393 e. The molecule has 0 spiro atoms. The van der Waals surface area contributed by atoms with E-state index in [4.69, 9.17) is 0 Å². The number of allylic oxidation sites excluding steroid dienone is 1. The Morgan fingerprint density at radius 1 is 1.20 bits per heavy atom. The molecule has 4 aliphatic rings. The molecule has 2 N–H and O–H groups in total. The number of Topliss-reactive ketones (excluding diaryl/α,β-unsaturated/α-hetero) is 1. The van der Waals surface area contributed by atoms with Crippen molar-refractivity contribution >= 4 is 11.6 Å². The molecule has 0 amide bonds. The second kappa shape index (κ2) is 5.26. The van der Waals surface area contributed by atoms with Crippen molar-refractivity contribution in [2.75, 3.05) is 0 Å². The van der Waals surface area contributed by atoms with Crippen LogP contribution in [0.25, 0.3) is 0 Å². The third-order valence-corrected chi connectivity index (χ3v) is 8.63. The van der Waals surface area contributed by atoms with Crippen molar-refractivity contribution in [3.05, 3.63) is 11.6 Å². The summed E-state index contributed by atoms with van der Waals surface area (Å²) < 4.78 is 0. The Balaban J connectivity index is 1.75. The Hall–Kier alpha value is -1.00. The van der Waals surface area contributed by atoms with Gasteiger partial charge in [0.2, 0.25) is 0 Å². The summed E-state index contributed by atoms with van der Waals surface area (Å²) in [5, 5.41) is 22.3. The summed E-state index contributed by atoms with van der Waals surface area (Å²) in [7, 11) is 0. The smallest absolute Gasteiger partial charge is 0.161 e. The van der Waals surface area contributed by atoms with Gasteiger partial charge in [-0.2, -0.15) is 0 Å². The molecule has 4 rings (SSSR count). The zero-order chi connectivity index (χ0) is 18.2. The van der Waals surface area contributed by atoms with E-state index in [2.05, 4.69) is 6.92 Å². The lowest BCUT2D eigenvalue weighted by Gasteiger charge is -2.60. The molecule has 0 bridgehead atoms. The van der Waals surface area contributed by atoms with Crippen LogP contribution in [0, 0.1) is 28.6 Å². The molecule has 0 saturated heterocycles. The third-order valence-electron chi connectivity index (χ3n) is 8.63. The maximum absolute atomic E-state index is 12.2. The van der Waals surface area contributed by atoms with Crippen molar-refractivity contribution in [1.29, 1.82) is 0 Å². The van der Waals surface area contributed by atoms with E-state index in [0.29, 0.717) is 25.2 Å². The Kier molecular flexibility index (Phi) is 3.66. The van der Waals surface area contributed by atoms with Crippen molar-refractivity contribution < 1.29 is 19.8 Å². The molecule has 0 aliphatic heterocycles. The first-order valence-electron chi connectivity index (χ1n) is 9.79. The van der Waals surface area contributed by atoms with Crippen LogP contribution < -0.4 is 0 Å². The van der Waals surface area contributed by atoms with Crippen molar-refractivity contribution in [2.45, 2.75) is 77.4 Å². The number of hydrogen-bond acceptors (Lipinski definition) is 4. The number of fused-ring (bicyclic) bond motifs is 5. The molecular weight excluding hydrogens is 316 g/mol. The molecule has 7 atom stereocenters. The lowest BCUT2D eigenvalue weighted by Crippen LogP contribution is -2.61. The molecule has 138 valence electrons. The van der Waals surface area contributed by atoms with Crippen molar-refractivity contribution in [1.82, 2.24) is 0 Å². The van der Waals surface area contributed by atoms with Gasteiger partial charge in [0.1, 0.15) is 5.60 Å². The molecular formula is C21H30O4. The zero-order valence-corrected chi connectivity index (χ0v) is 15.5. The summed E-state index contributed by atoms with van der Waals surface area (Å²) in [5.74, 6) is 0.776. The SMILES string of the molecule is CC(=O)[C@@]1(O)CC[C@H]2[C@@H]3CCC4=CC(=O)CC[C@]4(C)[C@H]3[C@H](O)C[C@@]21C. The highest BCUT2D eigenvalue weighted by atomic mass is 16.3. The number of rotatable bonds is 1. The molecule has 25 heavy (non-hydrogen) atoms. The summed E-state index contributed by atoms with van der Waals surface area (Å²) in [6.07, 6.45) is 6.38. The van der Waals surface area contributed by atoms with Gasteiger partial charge < -0.3 is 10.2 Å². The monoisotopic (exact) mass is 346 g/mol. The first-order valence-corrected chi connectivity index (χ1v) is 9.79. The molecule has 0 aromatic carbocycles. The Morgan fingerprint density at radius 2 is 1.92 bits per heavy atom. The lowest BCUT2D eigenvalue weighted by atomic mass is 9.45. The number of aliphatic hydroxyl groups excluding tert-OH is 1. The number of aliphatic hydroxyl groups is 2. The normalized spacial score (nSPS) is 52.0. The zero-order valence-electron chi connectivity index (χ0n) is 15.5. The minimum Gasteiger partial charge on any atom is -0.393 e. The molecule has 3 saturated carbocycles. The molecule has 0 unspecified atom stereocenters. The maximum Gasteiger partial charge on any atom is 0.161 e. The van der Waals surface area contributed by atoms with Crippen LogP contribution in [0.15, 0.2) is 11.6 Å². The van der Waals surface area contributed by atoms with Crippen LogP contribution in [0.1, 0.15) is 65.7 Å². The van der Waals surface area contributed by atoms with Crippen LogP contribution in [0.2, 0.25) is 0 Å². The summed E-state index contributed by atoms with van der Waals surface area (Å²) in [6, 6.07) is 0. The number of ketones is 2. The van der Waals surface area contributed by atoms with E-state index in [1.165, 1.54) is 12.5 Å². The summed E-state index contributed by atoms with van der Waals surface area (Å²) in [4.78, 5) is 24.1. The molecule has 4 heteroatoms. The minimum absolute atomic E-state index is 0.117. The summed E-state index contributed by atoms with van der Waals surface area (Å²) in [5.41, 5.74) is -0.744. The Bertz CT molecular complexity index is 667. The van der Waals surface area contributed by atoms with Crippen LogP contribution in [0.3, 0.4) is 0 Å². The second-order valence-corrected chi connectivity index (χ2v) is 9.53. The van der Waals surface area contributed by atoms with Gasteiger partial charge in [-0.3, -0.25) is 9.59 Å². The van der Waals surface area contributed by atoms with Gasteiger partial charge in [-0.05, 0) is 74.7 Å². The fourth-order valence-corrected chi connectivity index (χ4v) is 7.27. The predicted molar refractivity (Wildman–Crippen MR) is 93.7 cm³/mol. The van der Waals surface area contributed by atoms with E-state index in [1.54, 1.807) is 0 Å². The van der Waals surface area contributed by atoms with E-state index >= 15 is 0 Å². The Morgan fingerprint density at radius 3 is 2.60 bits per heavy atom. The standard InChI is InChI=1S/C21H30O4/c1-12(22)21(25)9-7-16-15-5-4-13-10-14(23)6-8-19(13,2)18(15)17(24)11-20(16,21)3/h10,15-18,24-25H,4-9,11H2,1-3H3/t15-,16-,17+,18+,19-,20-,21-/m0/s1. The third kappa shape index (κ3) is 2.07. The second-order valence-electron chi connectivity index (χ2n) is 9.53. The molecule has 0 heterocycles. The van der Waals surface area contributed by atoms with E-state index in [-0.39, 0.29) is 28.8 Å². The topological polar surface area (TPSA) is 74.6 Å². The molecule has 3 fully saturated rings. The van der Waals surface area contributed by atoms with Crippen molar-refractivity contribution in [2.24, 2.45) is 28.6 Å². The highest BCUT2D eigenvalue weighted by Gasteiger charge is 2.67. The number of hydrogen-bond donors (Lipinski definition) is 2. The highest BCUT2D eigenvalue weighted by molar-refractivity contribution is 5.91. The molecule has 0 aromatic heterocycles. The quantitative estimate of drug-likeness (QED) is 0.766. The summed E-state index contributed by atoms with van der Waals surface area (Å²) >= 11 is 0. The molecule has 0 radical (unpaired) electrons. The highest BCUT2D eigenvalue weighted by Crippen LogP contribution is 2.67. The Labute approximate surface area is 149 Å². The number of carbonyl (C=O) groups is 2. The van der Waals surface area contributed by atoms with Crippen LogP contribution in [-0.4, -0.2) is 33.5 Å². The van der Waals surface area contributed by atoms with Gasteiger partial charge in [-0.25, -0.2) is 0 Å². The van der Waals surface area contributed by atoms with E-state index < -0.39 is 17.1 Å². The fourth-order valence-electron chi connectivity index (χ4n) is 7.27. The van der Waals surface area contributed by atoms with Crippen LogP contribution in [-0.2, 0) is 9.59 Å². The fraction of sp³-hybridized carbons (Fsp3) is 0.810. The molecule has 0 aromatic rings. The lowest BCUT2D eigenvalue weighted by molar-refractivity contribution is -0.179. The first kappa shape index (κ1) is 17.4. The van der Waals surface area contributed by atoms with Crippen LogP contribution >= 0.6 is 0 Å². The minimum atomic E-state index is -1.30. The predicted octanol–water partition coefficient (Wildman–Crippen LogP) is 2.81. The van der Waals surface area contributed by atoms with Gasteiger partial charge >= 0.3 is 0 Å². The van der Waals surface area contributed by atoms with Crippen LogP contribution in [0.5, 0.6) is 0 Å². The van der Waals surface area contributed by atoms with Crippen LogP contribution in [0.4, 0.5) is 0 Å². The van der Waals surface area contributed by atoms with E-state index in [9.17, 15) is 19.8 Å². The molecule has 4 nitrogen and oxygen atoms in total.